The van der Waals surface area contributed by atoms with E-state index < -0.39 is 0 Å². The summed E-state index contributed by atoms with van der Waals surface area (Å²) < 4.78 is 0. The van der Waals surface area contributed by atoms with E-state index in [9.17, 15) is 0 Å². The van der Waals surface area contributed by atoms with Gasteiger partial charge < -0.3 is 11.1 Å². The molecule has 0 unspecified atom stereocenters. The molecule has 7 heteroatoms. The molecule has 0 bridgehead atoms. The molecule has 0 amide bonds. The predicted molar refractivity (Wildman–Crippen MR) is 108 cm³/mol. The highest BCUT2D eigenvalue weighted by Crippen LogP contribution is 2.07. The van der Waals surface area contributed by atoms with Crippen LogP contribution in [0.1, 0.15) is 83.4 Å². The summed E-state index contributed by atoms with van der Waals surface area (Å²) in [5, 5.41) is 17.2. The lowest BCUT2D eigenvalue weighted by atomic mass is 10.1. The molecule has 0 spiro atoms. The molecule has 0 saturated heterocycles. The molecule has 7 nitrogen and oxygen atoms in total. The van der Waals surface area contributed by atoms with E-state index in [1.807, 2.05) is 0 Å². The molecule has 4 N–H and O–H groups in total. The van der Waals surface area contributed by atoms with Gasteiger partial charge in [-0.15, -0.1) is 10.2 Å². The number of aromatic nitrogens is 4. The van der Waals surface area contributed by atoms with Gasteiger partial charge >= 0.3 is 0 Å². The fourth-order valence-corrected chi connectivity index (χ4v) is 2.64. The number of H-pyrrole nitrogens is 1. The number of tetrazole rings is 1. The monoisotopic (exact) mass is 363 g/mol. The number of aliphatic imine (C=N–C) groups is 1. The van der Waals surface area contributed by atoms with Crippen LogP contribution >= 0.6 is 0 Å². The highest BCUT2D eigenvalue weighted by Gasteiger charge is 1.97. The fraction of sp³-hybridized carbons (Fsp3) is 0.789. The number of rotatable bonds is 16. The SMILES string of the molecule is CCCCCN=C(N)NCCCCC=CCCCCCCc1nn[nH]n1. The van der Waals surface area contributed by atoms with Gasteiger partial charge in [0.05, 0.1) is 0 Å². The Balaban J connectivity index is 1.81. The van der Waals surface area contributed by atoms with E-state index in [0.29, 0.717) is 5.96 Å². The largest absolute Gasteiger partial charge is 0.370 e. The van der Waals surface area contributed by atoms with E-state index in [1.165, 1.54) is 44.9 Å². The number of hydrogen-bond donors (Lipinski definition) is 3. The van der Waals surface area contributed by atoms with Gasteiger partial charge in [-0.05, 0) is 44.9 Å². The van der Waals surface area contributed by atoms with E-state index in [0.717, 1.165) is 51.0 Å². The summed E-state index contributed by atoms with van der Waals surface area (Å²) in [7, 11) is 0. The van der Waals surface area contributed by atoms with Crippen LogP contribution in [-0.4, -0.2) is 39.7 Å². The van der Waals surface area contributed by atoms with E-state index in [4.69, 9.17) is 5.73 Å². The first-order chi connectivity index (χ1) is 12.8. The first-order valence-electron chi connectivity index (χ1n) is 10.2. The van der Waals surface area contributed by atoms with Gasteiger partial charge in [-0.2, -0.15) is 5.21 Å². The summed E-state index contributed by atoms with van der Waals surface area (Å²) in [5.74, 6) is 1.42. The average molecular weight is 364 g/mol. The average Bonchev–Trinajstić information content (AvgIpc) is 3.16. The Hall–Kier alpha value is -1.92. The van der Waals surface area contributed by atoms with Gasteiger partial charge in [0.2, 0.25) is 0 Å². The fourth-order valence-electron chi connectivity index (χ4n) is 2.64. The maximum absolute atomic E-state index is 5.83. The Bertz CT molecular complexity index is 468. The van der Waals surface area contributed by atoms with Crippen molar-refractivity contribution < 1.29 is 0 Å². The first kappa shape index (κ1) is 22.1. The van der Waals surface area contributed by atoms with Gasteiger partial charge in [0, 0.05) is 19.5 Å². The van der Waals surface area contributed by atoms with Gasteiger partial charge in [-0.1, -0.05) is 50.0 Å². The van der Waals surface area contributed by atoms with Gasteiger partial charge in [0.15, 0.2) is 11.8 Å². The summed E-state index contributed by atoms with van der Waals surface area (Å²) >= 11 is 0. The van der Waals surface area contributed by atoms with Crippen LogP contribution < -0.4 is 11.1 Å². The van der Waals surface area contributed by atoms with E-state index in [2.05, 4.69) is 50.0 Å². The lowest BCUT2D eigenvalue weighted by Gasteiger charge is -2.04. The zero-order valence-electron chi connectivity index (χ0n) is 16.4. The highest BCUT2D eigenvalue weighted by molar-refractivity contribution is 5.77. The molecular formula is C19H37N7. The van der Waals surface area contributed by atoms with Crippen LogP contribution in [0.3, 0.4) is 0 Å². The van der Waals surface area contributed by atoms with Crippen LogP contribution in [0.25, 0.3) is 0 Å². The number of guanidine groups is 1. The van der Waals surface area contributed by atoms with Crippen molar-refractivity contribution in [1.29, 1.82) is 0 Å². The highest BCUT2D eigenvalue weighted by atomic mass is 15.5. The lowest BCUT2D eigenvalue weighted by molar-refractivity contribution is 0.634. The number of nitrogens with one attached hydrogen (secondary N) is 2. The Kier molecular flexibility index (Phi) is 14.1. The van der Waals surface area contributed by atoms with Crippen LogP contribution in [0.15, 0.2) is 17.1 Å². The standard InChI is InChI=1S/C19H37N7/c1-2-3-13-16-21-19(20)22-17-14-11-9-7-5-4-6-8-10-12-15-18-23-25-26-24-18/h5,7H,2-4,6,8-17H2,1H3,(H3,20,21,22)(H,23,24,25,26). The van der Waals surface area contributed by atoms with Crippen LogP contribution in [0, 0.1) is 0 Å². The minimum atomic E-state index is 0.593. The molecule has 0 aromatic carbocycles. The van der Waals surface area contributed by atoms with Crippen molar-refractivity contribution in [3.05, 3.63) is 18.0 Å². The van der Waals surface area contributed by atoms with E-state index in [1.54, 1.807) is 0 Å². The second-order valence-electron chi connectivity index (χ2n) is 6.65. The van der Waals surface area contributed by atoms with Crippen molar-refractivity contribution in [3.63, 3.8) is 0 Å². The number of nitrogens with zero attached hydrogens (tertiary/aromatic N) is 4. The maximum atomic E-state index is 5.83. The van der Waals surface area contributed by atoms with Gasteiger partial charge in [0.1, 0.15) is 0 Å². The smallest absolute Gasteiger partial charge is 0.188 e. The third-order valence-corrected chi connectivity index (χ3v) is 4.22. The third kappa shape index (κ3) is 13.4. The Morgan fingerprint density at radius 1 is 1.04 bits per heavy atom. The molecule has 1 heterocycles. The normalized spacial score (nSPS) is 12.1. The second-order valence-corrected chi connectivity index (χ2v) is 6.65. The molecule has 0 aliphatic carbocycles. The third-order valence-electron chi connectivity index (χ3n) is 4.22. The minimum Gasteiger partial charge on any atom is -0.370 e. The number of aromatic amines is 1. The Labute approximate surface area is 158 Å². The van der Waals surface area contributed by atoms with Crippen LogP contribution in [-0.2, 0) is 6.42 Å². The predicted octanol–water partition coefficient (Wildman–Crippen LogP) is 3.51. The summed E-state index contributed by atoms with van der Waals surface area (Å²) in [6.45, 7) is 3.95. The minimum absolute atomic E-state index is 0.593. The molecule has 148 valence electrons. The van der Waals surface area contributed by atoms with Gasteiger partial charge in [-0.3, -0.25) is 4.99 Å². The summed E-state index contributed by atoms with van der Waals surface area (Å²) in [6.07, 6.45) is 18.7. The van der Waals surface area contributed by atoms with Crippen molar-refractivity contribution in [2.24, 2.45) is 10.7 Å². The number of hydrogen-bond acceptors (Lipinski definition) is 4. The lowest BCUT2D eigenvalue weighted by Crippen LogP contribution is -2.32. The van der Waals surface area contributed by atoms with E-state index >= 15 is 0 Å². The summed E-state index contributed by atoms with van der Waals surface area (Å²) in [5.41, 5.74) is 5.83. The Morgan fingerprint density at radius 3 is 2.54 bits per heavy atom. The number of allylic oxidation sites excluding steroid dienone is 2. The molecule has 0 saturated carbocycles. The molecule has 1 rings (SSSR count). The van der Waals surface area contributed by atoms with Crippen molar-refractivity contribution in [2.45, 2.75) is 84.0 Å². The number of unbranched alkanes of at least 4 members (excludes halogenated alkanes) is 8. The van der Waals surface area contributed by atoms with Crippen molar-refractivity contribution in [1.82, 2.24) is 25.9 Å². The molecule has 1 aromatic heterocycles. The molecule has 26 heavy (non-hydrogen) atoms. The van der Waals surface area contributed by atoms with Crippen molar-refractivity contribution in [3.8, 4) is 0 Å². The number of nitrogens with two attached hydrogens (primary N) is 1. The van der Waals surface area contributed by atoms with Crippen molar-refractivity contribution >= 4 is 5.96 Å². The zero-order chi connectivity index (χ0) is 18.7. The van der Waals surface area contributed by atoms with Crippen molar-refractivity contribution in [2.75, 3.05) is 13.1 Å². The molecule has 0 fully saturated rings. The number of aryl methyl sites for hydroxylation is 1. The first-order valence-corrected chi connectivity index (χ1v) is 10.2. The molecule has 1 aromatic rings. The van der Waals surface area contributed by atoms with Crippen LogP contribution in [0.4, 0.5) is 0 Å². The molecule has 0 aliphatic rings. The summed E-state index contributed by atoms with van der Waals surface area (Å²) in [6, 6.07) is 0. The topological polar surface area (TPSA) is 105 Å². The van der Waals surface area contributed by atoms with Gasteiger partial charge in [-0.25, -0.2) is 0 Å². The molecule has 0 aliphatic heterocycles. The van der Waals surface area contributed by atoms with Crippen LogP contribution in [0.5, 0.6) is 0 Å². The Morgan fingerprint density at radius 2 is 1.81 bits per heavy atom. The molecule has 0 atom stereocenters. The molecular weight excluding hydrogens is 326 g/mol. The zero-order valence-corrected chi connectivity index (χ0v) is 16.4. The second kappa shape index (κ2) is 16.5. The maximum Gasteiger partial charge on any atom is 0.188 e. The quantitative estimate of drug-likeness (QED) is 0.180. The van der Waals surface area contributed by atoms with Crippen LogP contribution in [0.2, 0.25) is 0 Å². The summed E-state index contributed by atoms with van der Waals surface area (Å²) in [4.78, 5) is 4.32. The van der Waals surface area contributed by atoms with E-state index in [-0.39, 0.29) is 0 Å². The van der Waals surface area contributed by atoms with Gasteiger partial charge in [0.25, 0.3) is 0 Å². The molecule has 0 radical (unpaired) electrons.